The average molecular weight is 463 g/mol. The molecule has 0 aliphatic carbocycles. The summed E-state index contributed by atoms with van der Waals surface area (Å²) >= 11 is 0. The van der Waals surface area contributed by atoms with E-state index in [-0.39, 0.29) is 0 Å². The Morgan fingerprint density at radius 1 is 1.12 bits per heavy atom. The third-order valence-corrected chi connectivity index (χ3v) is 4.90. The molecule has 0 radical (unpaired) electrons. The molecule has 8 nitrogen and oxygen atoms in total. The van der Waals surface area contributed by atoms with Crippen molar-refractivity contribution in [3.8, 4) is 22.6 Å². The number of nitrogens with one attached hydrogen (secondary N) is 1. The highest BCUT2D eigenvalue weighted by Crippen LogP contribution is 2.27. The lowest BCUT2D eigenvalue weighted by Gasteiger charge is -2.28. The van der Waals surface area contributed by atoms with Crippen LogP contribution < -0.4 is 4.90 Å². The minimum atomic E-state index is -5.08. The van der Waals surface area contributed by atoms with E-state index in [1.165, 1.54) is 0 Å². The zero-order valence-corrected chi connectivity index (χ0v) is 18.1. The van der Waals surface area contributed by atoms with Crippen LogP contribution >= 0.6 is 0 Å². The molecule has 2 N–H and O–H groups in total. The van der Waals surface area contributed by atoms with Gasteiger partial charge in [0.2, 0.25) is 0 Å². The van der Waals surface area contributed by atoms with Crippen LogP contribution in [0, 0.1) is 0 Å². The first-order valence-corrected chi connectivity index (χ1v) is 10.2. The molecular formula is C22H24F3N5O3. The number of carbonyl (C=O) groups is 1. The van der Waals surface area contributed by atoms with Gasteiger partial charge in [-0.2, -0.15) is 13.2 Å². The van der Waals surface area contributed by atoms with E-state index in [1.54, 1.807) is 0 Å². The molecule has 0 aromatic carbocycles. The number of hydrogen-bond acceptors (Lipinski definition) is 6. The summed E-state index contributed by atoms with van der Waals surface area (Å²) in [4.78, 5) is 28.0. The van der Waals surface area contributed by atoms with Crippen molar-refractivity contribution in [1.82, 2.24) is 19.9 Å². The van der Waals surface area contributed by atoms with Crippen LogP contribution in [-0.2, 0) is 9.53 Å². The molecular weight excluding hydrogens is 439 g/mol. The molecule has 11 heteroatoms. The first-order valence-electron chi connectivity index (χ1n) is 10.2. The SMILES string of the molecule is CC(C)c1cnc(-c2cc(-c3cncc(N4CCOCC4)c3)ccn2)[nH]1.O=C(O)C(F)(F)F. The van der Waals surface area contributed by atoms with Gasteiger partial charge in [-0.3, -0.25) is 9.97 Å². The Labute approximate surface area is 188 Å². The molecule has 3 aromatic rings. The molecule has 1 aliphatic rings. The molecule has 176 valence electrons. The molecule has 4 heterocycles. The van der Waals surface area contributed by atoms with E-state index >= 15 is 0 Å². The van der Waals surface area contributed by atoms with Gasteiger partial charge in [0.15, 0.2) is 5.82 Å². The zero-order chi connectivity index (χ0) is 24.0. The number of pyridine rings is 2. The highest BCUT2D eigenvalue weighted by Gasteiger charge is 2.38. The monoisotopic (exact) mass is 463 g/mol. The third kappa shape index (κ3) is 6.51. The molecule has 0 bridgehead atoms. The molecule has 3 aromatic heterocycles. The van der Waals surface area contributed by atoms with Gasteiger partial charge in [0.25, 0.3) is 0 Å². The summed E-state index contributed by atoms with van der Waals surface area (Å²) in [6.45, 7) is 7.61. The second-order valence-corrected chi connectivity index (χ2v) is 7.61. The van der Waals surface area contributed by atoms with Crippen molar-refractivity contribution in [3.63, 3.8) is 0 Å². The van der Waals surface area contributed by atoms with Gasteiger partial charge in [0.05, 0.1) is 25.1 Å². The molecule has 0 unspecified atom stereocenters. The summed E-state index contributed by atoms with van der Waals surface area (Å²) in [5, 5.41) is 7.12. The van der Waals surface area contributed by atoms with Crippen molar-refractivity contribution in [3.05, 3.63) is 48.7 Å². The van der Waals surface area contributed by atoms with E-state index in [0.717, 1.165) is 60.3 Å². The number of alkyl halides is 3. The third-order valence-electron chi connectivity index (χ3n) is 4.90. The van der Waals surface area contributed by atoms with Crippen LogP contribution in [0.15, 0.2) is 43.0 Å². The van der Waals surface area contributed by atoms with E-state index < -0.39 is 12.1 Å². The van der Waals surface area contributed by atoms with Crippen LogP contribution in [0.2, 0.25) is 0 Å². The maximum atomic E-state index is 10.6. The number of aliphatic carboxylic acids is 1. The number of carboxylic acids is 1. The first-order chi connectivity index (χ1) is 15.6. The number of rotatable bonds is 4. The van der Waals surface area contributed by atoms with Crippen LogP contribution in [0.4, 0.5) is 18.9 Å². The predicted molar refractivity (Wildman–Crippen MR) is 116 cm³/mol. The van der Waals surface area contributed by atoms with E-state index in [9.17, 15) is 13.2 Å². The lowest BCUT2D eigenvalue weighted by Crippen LogP contribution is -2.36. The first kappa shape index (κ1) is 24.2. The molecule has 0 atom stereocenters. The van der Waals surface area contributed by atoms with Gasteiger partial charge in [0.1, 0.15) is 5.69 Å². The van der Waals surface area contributed by atoms with E-state index in [0.29, 0.717) is 5.92 Å². The van der Waals surface area contributed by atoms with Gasteiger partial charge >= 0.3 is 12.1 Å². The van der Waals surface area contributed by atoms with E-state index in [2.05, 4.69) is 50.8 Å². The number of aromatic nitrogens is 4. The molecule has 0 spiro atoms. The Hall–Kier alpha value is -3.47. The average Bonchev–Trinajstić information content (AvgIpc) is 3.31. The van der Waals surface area contributed by atoms with E-state index in [1.807, 2.05) is 30.9 Å². The van der Waals surface area contributed by atoms with Gasteiger partial charge in [0, 0.05) is 42.9 Å². The Bertz CT molecular complexity index is 1080. The highest BCUT2D eigenvalue weighted by atomic mass is 19.4. The molecule has 1 aliphatic heterocycles. The zero-order valence-electron chi connectivity index (χ0n) is 18.1. The number of anilines is 1. The number of morpholine rings is 1. The molecule has 0 saturated carbocycles. The molecule has 4 rings (SSSR count). The minimum absolute atomic E-state index is 0.411. The van der Waals surface area contributed by atoms with Crippen LogP contribution in [-0.4, -0.2) is 63.5 Å². The van der Waals surface area contributed by atoms with Crippen molar-refractivity contribution in [1.29, 1.82) is 0 Å². The van der Waals surface area contributed by atoms with Gasteiger partial charge in [-0.25, -0.2) is 9.78 Å². The smallest absolute Gasteiger partial charge is 0.475 e. The van der Waals surface area contributed by atoms with Crippen LogP contribution in [0.1, 0.15) is 25.5 Å². The number of ether oxygens (including phenoxy) is 1. The maximum Gasteiger partial charge on any atom is 0.490 e. The number of nitrogens with zero attached hydrogens (tertiary/aromatic N) is 4. The molecule has 33 heavy (non-hydrogen) atoms. The fourth-order valence-electron chi connectivity index (χ4n) is 3.08. The van der Waals surface area contributed by atoms with Crippen molar-refractivity contribution >= 4 is 11.7 Å². The second-order valence-electron chi connectivity index (χ2n) is 7.61. The number of carboxylic acid groups (broad SMARTS) is 1. The summed E-state index contributed by atoms with van der Waals surface area (Å²) < 4.78 is 37.2. The highest BCUT2D eigenvalue weighted by molar-refractivity contribution is 5.73. The molecule has 0 amide bonds. The van der Waals surface area contributed by atoms with Crippen molar-refractivity contribution in [2.45, 2.75) is 25.9 Å². The van der Waals surface area contributed by atoms with Gasteiger partial charge < -0.3 is 19.7 Å². The maximum absolute atomic E-state index is 10.6. The standard InChI is InChI=1S/C20H23N5O.C2HF3O2/c1-14(2)19-13-23-20(24-19)18-10-15(3-4-22-18)16-9-17(12-21-11-16)25-5-7-26-8-6-25;3-2(4,5)1(6)7/h3-4,9-14H,5-8H2,1-2H3,(H,23,24);(H,6,7). The number of H-pyrrole nitrogens is 1. The van der Waals surface area contributed by atoms with Crippen LogP contribution in [0.3, 0.4) is 0 Å². The van der Waals surface area contributed by atoms with Crippen molar-refractivity contribution < 1.29 is 27.8 Å². The second kappa shape index (κ2) is 10.4. The van der Waals surface area contributed by atoms with Crippen molar-refractivity contribution in [2.75, 3.05) is 31.2 Å². The lowest BCUT2D eigenvalue weighted by molar-refractivity contribution is -0.192. The number of halogens is 3. The quantitative estimate of drug-likeness (QED) is 0.600. The van der Waals surface area contributed by atoms with Gasteiger partial charge in [-0.1, -0.05) is 13.8 Å². The predicted octanol–water partition coefficient (Wildman–Crippen LogP) is 4.13. The summed E-state index contributed by atoms with van der Waals surface area (Å²) in [6, 6.07) is 6.25. The minimum Gasteiger partial charge on any atom is -0.475 e. The summed E-state index contributed by atoms with van der Waals surface area (Å²) in [5.74, 6) is -1.55. The topological polar surface area (TPSA) is 104 Å². The fraction of sp³-hybridized carbons (Fsp3) is 0.364. The van der Waals surface area contributed by atoms with Gasteiger partial charge in [-0.15, -0.1) is 0 Å². The largest absolute Gasteiger partial charge is 0.490 e. The Balaban J connectivity index is 0.000000383. The summed E-state index contributed by atoms with van der Waals surface area (Å²) in [7, 11) is 0. The molecule has 1 fully saturated rings. The lowest BCUT2D eigenvalue weighted by atomic mass is 10.1. The Morgan fingerprint density at radius 2 is 1.82 bits per heavy atom. The van der Waals surface area contributed by atoms with Crippen molar-refractivity contribution in [2.24, 2.45) is 0 Å². The normalized spacial score (nSPS) is 14.1. The Kier molecular flexibility index (Phi) is 7.64. The van der Waals surface area contributed by atoms with Crippen LogP contribution in [0.25, 0.3) is 22.6 Å². The summed E-state index contributed by atoms with van der Waals surface area (Å²) in [6.07, 6.45) is 2.43. The number of aromatic amines is 1. The van der Waals surface area contributed by atoms with Crippen LogP contribution in [0.5, 0.6) is 0 Å². The van der Waals surface area contributed by atoms with Gasteiger partial charge in [-0.05, 0) is 29.7 Å². The number of hydrogen-bond donors (Lipinski definition) is 2. The summed E-state index contributed by atoms with van der Waals surface area (Å²) in [5.41, 5.74) is 5.24. The number of imidazole rings is 1. The molecule has 1 saturated heterocycles. The fourth-order valence-corrected chi connectivity index (χ4v) is 3.08. The van der Waals surface area contributed by atoms with E-state index in [4.69, 9.17) is 14.6 Å². The Morgan fingerprint density at radius 3 is 2.42 bits per heavy atom.